The van der Waals surface area contributed by atoms with E-state index in [4.69, 9.17) is 9.52 Å². The minimum absolute atomic E-state index is 0.216. The van der Waals surface area contributed by atoms with Gasteiger partial charge in [0.2, 0.25) is 0 Å². The molecule has 0 aliphatic heterocycles. The molecule has 2 aromatic rings. The van der Waals surface area contributed by atoms with Crippen LogP contribution in [0.4, 0.5) is 0 Å². The van der Waals surface area contributed by atoms with Gasteiger partial charge in [0.25, 0.3) is 0 Å². The first-order chi connectivity index (χ1) is 6.90. The van der Waals surface area contributed by atoms with E-state index in [0.29, 0.717) is 0 Å². The smallest absolute Gasteiger partial charge is 0.162 e. The lowest BCUT2D eigenvalue weighted by Gasteiger charge is -1.91. The number of furan rings is 1. The third-order valence-electron chi connectivity index (χ3n) is 1.87. The van der Waals surface area contributed by atoms with Gasteiger partial charge in [-0.15, -0.1) is 11.3 Å². The summed E-state index contributed by atoms with van der Waals surface area (Å²) in [6.07, 6.45) is 3.24. The van der Waals surface area contributed by atoms with Gasteiger partial charge in [-0.25, -0.2) is 4.98 Å². The van der Waals surface area contributed by atoms with Gasteiger partial charge in [0, 0.05) is 12.0 Å². The summed E-state index contributed by atoms with van der Waals surface area (Å²) in [7, 11) is 0. The molecule has 2 rings (SSSR count). The van der Waals surface area contributed by atoms with Crippen molar-refractivity contribution >= 4 is 11.3 Å². The normalized spacial score (nSPS) is 10.6. The summed E-state index contributed by atoms with van der Waals surface area (Å²) in [4.78, 5) is 4.40. The molecular weight excluding hydrogens is 198 g/mol. The van der Waals surface area contributed by atoms with Gasteiger partial charge in [-0.3, -0.25) is 0 Å². The van der Waals surface area contributed by atoms with Crippen LogP contribution in [-0.4, -0.2) is 16.7 Å². The lowest BCUT2D eigenvalue weighted by Crippen LogP contribution is -1.89. The maximum Gasteiger partial charge on any atom is 0.162 e. The number of nitrogens with zero attached hydrogens (tertiary/aromatic N) is 1. The molecule has 0 saturated carbocycles. The molecule has 0 amide bonds. The Balaban J connectivity index is 2.10. The maximum atomic E-state index is 8.68. The lowest BCUT2D eigenvalue weighted by atomic mass is 10.3. The zero-order valence-corrected chi connectivity index (χ0v) is 8.46. The Labute approximate surface area is 86.0 Å². The summed E-state index contributed by atoms with van der Waals surface area (Å²) in [6, 6.07) is 3.75. The molecule has 1 N–H and O–H groups in total. The van der Waals surface area contributed by atoms with Crippen molar-refractivity contribution in [3.05, 3.63) is 29.5 Å². The van der Waals surface area contributed by atoms with Crippen LogP contribution in [0.2, 0.25) is 0 Å². The molecule has 0 aromatic carbocycles. The van der Waals surface area contributed by atoms with Crippen LogP contribution in [0.5, 0.6) is 0 Å². The van der Waals surface area contributed by atoms with Gasteiger partial charge < -0.3 is 9.52 Å². The van der Waals surface area contributed by atoms with Crippen LogP contribution in [0.25, 0.3) is 10.8 Å². The zero-order chi connectivity index (χ0) is 9.80. The monoisotopic (exact) mass is 209 g/mol. The summed E-state index contributed by atoms with van der Waals surface area (Å²) < 4.78 is 5.24. The van der Waals surface area contributed by atoms with Gasteiger partial charge in [-0.2, -0.15) is 0 Å². The fraction of sp³-hybridized carbons (Fsp3) is 0.300. The number of aryl methyl sites for hydroxylation is 1. The Kier molecular flexibility index (Phi) is 2.96. The minimum Gasteiger partial charge on any atom is -0.462 e. The van der Waals surface area contributed by atoms with Crippen LogP contribution in [0.3, 0.4) is 0 Å². The number of aliphatic hydroxyl groups is 1. The molecule has 14 heavy (non-hydrogen) atoms. The van der Waals surface area contributed by atoms with Gasteiger partial charge in [0.05, 0.1) is 12.0 Å². The zero-order valence-electron chi connectivity index (χ0n) is 7.64. The minimum atomic E-state index is 0.216. The van der Waals surface area contributed by atoms with E-state index in [1.807, 2.05) is 17.5 Å². The highest BCUT2D eigenvalue weighted by Crippen LogP contribution is 2.24. The number of rotatable bonds is 4. The highest BCUT2D eigenvalue weighted by atomic mass is 32.1. The first kappa shape index (κ1) is 9.43. The second-order valence-electron chi connectivity index (χ2n) is 2.95. The average molecular weight is 209 g/mol. The maximum absolute atomic E-state index is 8.68. The van der Waals surface area contributed by atoms with Crippen molar-refractivity contribution in [2.75, 3.05) is 6.61 Å². The van der Waals surface area contributed by atoms with Gasteiger partial charge >= 0.3 is 0 Å². The van der Waals surface area contributed by atoms with Crippen LogP contribution >= 0.6 is 11.3 Å². The molecule has 0 radical (unpaired) electrons. The molecule has 0 spiro atoms. The number of hydrogen-bond acceptors (Lipinski definition) is 4. The molecule has 0 aliphatic carbocycles. The summed E-state index contributed by atoms with van der Waals surface area (Å²) in [5.74, 6) is 0.810. The second kappa shape index (κ2) is 4.39. The summed E-state index contributed by atoms with van der Waals surface area (Å²) in [6.45, 7) is 0.216. The Morgan fingerprint density at radius 3 is 3.14 bits per heavy atom. The Morgan fingerprint density at radius 2 is 2.43 bits per heavy atom. The van der Waals surface area contributed by atoms with Crippen LogP contribution in [-0.2, 0) is 6.42 Å². The van der Waals surface area contributed by atoms with Crippen molar-refractivity contribution in [2.45, 2.75) is 12.8 Å². The molecular formula is C10H11NO2S. The second-order valence-corrected chi connectivity index (χ2v) is 3.81. The topological polar surface area (TPSA) is 46.3 Å². The first-order valence-electron chi connectivity index (χ1n) is 4.49. The highest BCUT2D eigenvalue weighted by Gasteiger charge is 2.06. The fourth-order valence-electron chi connectivity index (χ4n) is 1.20. The van der Waals surface area contributed by atoms with Crippen LogP contribution in [0.15, 0.2) is 28.2 Å². The summed E-state index contributed by atoms with van der Waals surface area (Å²) in [5, 5.41) is 11.6. The van der Waals surface area contributed by atoms with Crippen molar-refractivity contribution < 1.29 is 9.52 Å². The van der Waals surface area contributed by atoms with Gasteiger partial charge in [-0.1, -0.05) is 0 Å². The van der Waals surface area contributed by atoms with Crippen molar-refractivity contribution in [1.29, 1.82) is 0 Å². The quantitative estimate of drug-likeness (QED) is 0.840. The van der Waals surface area contributed by atoms with E-state index >= 15 is 0 Å². The average Bonchev–Trinajstić information content (AvgIpc) is 2.85. The molecule has 0 atom stereocenters. The molecule has 3 nitrogen and oxygen atoms in total. The number of aromatic nitrogens is 1. The van der Waals surface area contributed by atoms with Gasteiger partial charge in [0.15, 0.2) is 10.8 Å². The fourth-order valence-corrected chi connectivity index (χ4v) is 2.02. The van der Waals surface area contributed by atoms with Crippen molar-refractivity contribution in [1.82, 2.24) is 4.98 Å². The Hall–Kier alpha value is -1.13. The largest absolute Gasteiger partial charge is 0.462 e. The predicted molar refractivity (Wildman–Crippen MR) is 55.2 cm³/mol. The molecule has 2 aromatic heterocycles. The molecule has 4 heteroatoms. The number of aliphatic hydroxyl groups excluding tert-OH is 1. The van der Waals surface area contributed by atoms with E-state index in [0.717, 1.165) is 29.3 Å². The molecule has 0 bridgehead atoms. The van der Waals surface area contributed by atoms with E-state index in [1.54, 1.807) is 17.6 Å². The Morgan fingerprint density at radius 1 is 1.50 bits per heavy atom. The van der Waals surface area contributed by atoms with Gasteiger partial charge in [0.1, 0.15) is 0 Å². The highest BCUT2D eigenvalue weighted by molar-refractivity contribution is 7.13. The molecule has 0 aliphatic rings. The molecule has 2 heterocycles. The number of hydrogen-bond donors (Lipinski definition) is 1. The SMILES string of the molecule is OCCCc1csc(-c2ccco2)n1. The Bertz CT molecular complexity index is 380. The van der Waals surface area contributed by atoms with E-state index in [9.17, 15) is 0 Å². The third kappa shape index (κ3) is 2.02. The van der Waals surface area contributed by atoms with Crippen molar-refractivity contribution in [3.8, 4) is 10.8 Å². The van der Waals surface area contributed by atoms with E-state index < -0.39 is 0 Å². The van der Waals surface area contributed by atoms with E-state index in [1.165, 1.54) is 0 Å². The summed E-state index contributed by atoms with van der Waals surface area (Å²) >= 11 is 1.57. The van der Waals surface area contributed by atoms with Crippen LogP contribution in [0.1, 0.15) is 12.1 Å². The van der Waals surface area contributed by atoms with E-state index in [2.05, 4.69) is 4.98 Å². The van der Waals surface area contributed by atoms with Crippen molar-refractivity contribution in [3.63, 3.8) is 0 Å². The summed E-state index contributed by atoms with van der Waals surface area (Å²) in [5.41, 5.74) is 1.02. The van der Waals surface area contributed by atoms with Gasteiger partial charge in [-0.05, 0) is 25.0 Å². The van der Waals surface area contributed by atoms with Crippen LogP contribution < -0.4 is 0 Å². The van der Waals surface area contributed by atoms with Crippen molar-refractivity contribution in [2.24, 2.45) is 0 Å². The van der Waals surface area contributed by atoms with Crippen LogP contribution in [0, 0.1) is 0 Å². The third-order valence-corrected chi connectivity index (χ3v) is 2.78. The molecule has 74 valence electrons. The molecule has 0 saturated heterocycles. The molecule has 0 fully saturated rings. The van der Waals surface area contributed by atoms with E-state index in [-0.39, 0.29) is 6.61 Å². The predicted octanol–water partition coefficient (Wildman–Crippen LogP) is 2.33. The lowest BCUT2D eigenvalue weighted by molar-refractivity contribution is 0.288. The number of thiazole rings is 1. The molecule has 0 unspecified atom stereocenters. The first-order valence-corrected chi connectivity index (χ1v) is 5.37. The standard InChI is InChI=1S/C10H11NO2S/c12-5-1-3-8-7-14-10(11-8)9-4-2-6-13-9/h2,4,6-7,12H,1,3,5H2.